The largest absolute Gasteiger partial charge is 0.497 e. The number of methoxy groups -OCH3 is 1. The Bertz CT molecular complexity index is 933. The van der Waals surface area contributed by atoms with E-state index in [0.29, 0.717) is 23.8 Å². The van der Waals surface area contributed by atoms with E-state index in [1.54, 1.807) is 13.2 Å². The van der Waals surface area contributed by atoms with E-state index >= 15 is 0 Å². The molecule has 1 N–H and O–H groups in total. The summed E-state index contributed by atoms with van der Waals surface area (Å²) in [6, 6.07) is 14.5. The van der Waals surface area contributed by atoms with Crippen LogP contribution in [0.1, 0.15) is 16.1 Å². The second-order valence-electron chi connectivity index (χ2n) is 5.68. The zero-order valence-electron chi connectivity index (χ0n) is 14.0. The van der Waals surface area contributed by atoms with Crippen LogP contribution in [0.25, 0.3) is 11.3 Å². The first-order valence-corrected chi connectivity index (χ1v) is 8.01. The van der Waals surface area contributed by atoms with Crippen LogP contribution in [-0.2, 0) is 6.54 Å². The Morgan fingerprint density at radius 1 is 1.12 bits per heavy atom. The number of ether oxygens (including phenoxy) is 3. The molecular formula is C19H16N2O5. The SMILES string of the molecule is COc1ccc(-c2cc(C(=O)NCc3ccc4c(c3)OCO4)no2)cc1. The molecule has 1 aliphatic heterocycles. The normalized spacial score (nSPS) is 12.0. The molecule has 132 valence electrons. The lowest BCUT2D eigenvalue weighted by molar-refractivity contribution is 0.0942. The fourth-order valence-electron chi connectivity index (χ4n) is 2.60. The molecule has 4 rings (SSSR count). The van der Waals surface area contributed by atoms with E-state index in [-0.39, 0.29) is 18.4 Å². The van der Waals surface area contributed by atoms with Crippen LogP contribution in [0.3, 0.4) is 0 Å². The van der Waals surface area contributed by atoms with Crippen LogP contribution in [0.15, 0.2) is 53.1 Å². The van der Waals surface area contributed by atoms with Gasteiger partial charge in [0, 0.05) is 18.2 Å². The van der Waals surface area contributed by atoms with E-state index in [1.165, 1.54) is 0 Å². The Hall–Kier alpha value is -3.48. The molecule has 26 heavy (non-hydrogen) atoms. The number of aromatic nitrogens is 1. The van der Waals surface area contributed by atoms with Gasteiger partial charge >= 0.3 is 0 Å². The van der Waals surface area contributed by atoms with Gasteiger partial charge in [0.15, 0.2) is 23.0 Å². The van der Waals surface area contributed by atoms with Gasteiger partial charge in [0.05, 0.1) is 7.11 Å². The minimum atomic E-state index is -0.314. The summed E-state index contributed by atoms with van der Waals surface area (Å²) in [5.74, 6) is 2.34. The number of hydrogen-bond acceptors (Lipinski definition) is 6. The molecule has 0 saturated heterocycles. The average molecular weight is 352 g/mol. The van der Waals surface area contributed by atoms with Crippen LogP contribution in [0, 0.1) is 0 Å². The van der Waals surface area contributed by atoms with E-state index in [2.05, 4.69) is 10.5 Å². The molecule has 0 spiro atoms. The second-order valence-corrected chi connectivity index (χ2v) is 5.68. The summed E-state index contributed by atoms with van der Waals surface area (Å²) < 4.78 is 21.0. The molecule has 0 atom stereocenters. The predicted octanol–water partition coefficient (Wildman–Crippen LogP) is 3.01. The van der Waals surface area contributed by atoms with Crippen molar-refractivity contribution >= 4 is 5.91 Å². The third kappa shape index (κ3) is 3.19. The van der Waals surface area contributed by atoms with Crippen molar-refractivity contribution in [1.82, 2.24) is 10.5 Å². The van der Waals surface area contributed by atoms with Crippen LogP contribution < -0.4 is 19.5 Å². The fourth-order valence-corrected chi connectivity index (χ4v) is 2.60. The molecule has 2 aromatic carbocycles. The lowest BCUT2D eigenvalue weighted by Gasteiger charge is -2.04. The third-order valence-corrected chi connectivity index (χ3v) is 4.01. The number of carbonyl (C=O) groups excluding carboxylic acids is 1. The molecule has 0 aliphatic carbocycles. The fraction of sp³-hybridized carbons (Fsp3) is 0.158. The van der Waals surface area contributed by atoms with Gasteiger partial charge in [-0.3, -0.25) is 4.79 Å². The Balaban J connectivity index is 1.41. The number of rotatable bonds is 5. The molecular weight excluding hydrogens is 336 g/mol. The number of nitrogens with zero attached hydrogens (tertiary/aromatic N) is 1. The molecule has 0 saturated carbocycles. The summed E-state index contributed by atoms with van der Waals surface area (Å²) in [6.45, 7) is 0.568. The van der Waals surface area contributed by atoms with E-state index in [1.807, 2.05) is 42.5 Å². The number of nitrogens with one attached hydrogen (secondary N) is 1. The Morgan fingerprint density at radius 3 is 2.73 bits per heavy atom. The minimum Gasteiger partial charge on any atom is -0.497 e. The van der Waals surface area contributed by atoms with E-state index < -0.39 is 0 Å². The van der Waals surface area contributed by atoms with Gasteiger partial charge in [-0.05, 0) is 42.0 Å². The van der Waals surface area contributed by atoms with E-state index in [4.69, 9.17) is 18.7 Å². The molecule has 0 unspecified atom stereocenters. The van der Waals surface area contributed by atoms with Gasteiger partial charge in [0.1, 0.15) is 5.75 Å². The van der Waals surface area contributed by atoms with Crippen molar-refractivity contribution in [2.75, 3.05) is 13.9 Å². The average Bonchev–Trinajstić information content (AvgIpc) is 3.35. The molecule has 0 radical (unpaired) electrons. The van der Waals surface area contributed by atoms with Crippen molar-refractivity contribution in [1.29, 1.82) is 0 Å². The van der Waals surface area contributed by atoms with Crippen molar-refractivity contribution in [2.45, 2.75) is 6.54 Å². The zero-order valence-corrected chi connectivity index (χ0v) is 14.0. The molecule has 0 bridgehead atoms. The first-order valence-electron chi connectivity index (χ1n) is 8.01. The highest BCUT2D eigenvalue weighted by atomic mass is 16.7. The predicted molar refractivity (Wildman–Crippen MR) is 92.2 cm³/mol. The smallest absolute Gasteiger partial charge is 0.273 e. The molecule has 2 heterocycles. The maximum atomic E-state index is 12.3. The first kappa shape index (κ1) is 16.0. The molecule has 1 aliphatic rings. The van der Waals surface area contributed by atoms with Gasteiger partial charge in [0.2, 0.25) is 6.79 Å². The molecule has 3 aromatic rings. The summed E-state index contributed by atoms with van der Waals surface area (Å²) in [7, 11) is 1.60. The van der Waals surface area contributed by atoms with Gasteiger partial charge in [-0.15, -0.1) is 0 Å². The molecule has 7 heteroatoms. The molecule has 0 fully saturated rings. The van der Waals surface area contributed by atoms with Gasteiger partial charge in [-0.1, -0.05) is 11.2 Å². The van der Waals surface area contributed by atoms with Gasteiger partial charge in [-0.2, -0.15) is 0 Å². The number of amides is 1. The lowest BCUT2D eigenvalue weighted by Crippen LogP contribution is -2.22. The quantitative estimate of drug-likeness (QED) is 0.760. The zero-order chi connectivity index (χ0) is 17.9. The maximum Gasteiger partial charge on any atom is 0.273 e. The highest BCUT2D eigenvalue weighted by Crippen LogP contribution is 2.32. The van der Waals surface area contributed by atoms with Gasteiger partial charge in [-0.25, -0.2) is 0 Å². The van der Waals surface area contributed by atoms with Crippen molar-refractivity contribution in [3.63, 3.8) is 0 Å². The monoisotopic (exact) mass is 352 g/mol. The molecule has 1 amide bonds. The highest BCUT2D eigenvalue weighted by molar-refractivity contribution is 5.93. The van der Waals surface area contributed by atoms with E-state index in [0.717, 1.165) is 16.9 Å². The van der Waals surface area contributed by atoms with Crippen LogP contribution in [0.5, 0.6) is 17.2 Å². The molecule has 1 aromatic heterocycles. The second kappa shape index (κ2) is 6.79. The number of fused-ring (bicyclic) bond motifs is 1. The van der Waals surface area contributed by atoms with Crippen LogP contribution in [-0.4, -0.2) is 25.0 Å². The van der Waals surface area contributed by atoms with Gasteiger partial charge in [0.25, 0.3) is 5.91 Å². The summed E-state index contributed by atoms with van der Waals surface area (Å²) >= 11 is 0. The van der Waals surface area contributed by atoms with Crippen molar-refractivity contribution in [3.8, 4) is 28.6 Å². The lowest BCUT2D eigenvalue weighted by atomic mass is 10.1. The summed E-state index contributed by atoms with van der Waals surface area (Å²) in [5, 5.41) is 6.65. The van der Waals surface area contributed by atoms with Crippen LogP contribution in [0.4, 0.5) is 0 Å². The first-order chi connectivity index (χ1) is 12.7. The van der Waals surface area contributed by atoms with Crippen molar-refractivity contribution < 1.29 is 23.5 Å². The van der Waals surface area contributed by atoms with Crippen molar-refractivity contribution in [3.05, 3.63) is 59.8 Å². The van der Waals surface area contributed by atoms with Crippen LogP contribution >= 0.6 is 0 Å². The van der Waals surface area contributed by atoms with Crippen molar-refractivity contribution in [2.24, 2.45) is 0 Å². The van der Waals surface area contributed by atoms with Gasteiger partial charge < -0.3 is 24.1 Å². The Kier molecular flexibility index (Phi) is 4.18. The molecule has 7 nitrogen and oxygen atoms in total. The topological polar surface area (TPSA) is 82.8 Å². The minimum absolute atomic E-state index is 0.219. The Labute approximate surface area is 149 Å². The number of carbonyl (C=O) groups is 1. The summed E-state index contributed by atoms with van der Waals surface area (Å²) in [4.78, 5) is 12.3. The van der Waals surface area contributed by atoms with Crippen LogP contribution in [0.2, 0.25) is 0 Å². The standard InChI is InChI=1S/C19H16N2O5/c1-23-14-5-3-13(4-6-14)17-9-15(21-26-17)19(22)20-10-12-2-7-16-18(8-12)25-11-24-16/h2-9H,10-11H2,1H3,(H,20,22). The summed E-state index contributed by atoms with van der Waals surface area (Å²) in [6.07, 6.45) is 0. The highest BCUT2D eigenvalue weighted by Gasteiger charge is 2.16. The number of hydrogen-bond donors (Lipinski definition) is 1. The Morgan fingerprint density at radius 2 is 1.92 bits per heavy atom. The third-order valence-electron chi connectivity index (χ3n) is 4.01. The number of benzene rings is 2. The summed E-state index contributed by atoms with van der Waals surface area (Å²) in [5.41, 5.74) is 1.94. The maximum absolute atomic E-state index is 12.3. The van der Waals surface area contributed by atoms with E-state index in [9.17, 15) is 4.79 Å².